The fourth-order valence-corrected chi connectivity index (χ4v) is 5.68. The Hall–Kier alpha value is -0.300. The lowest BCUT2D eigenvalue weighted by atomic mass is 9.53. The van der Waals surface area contributed by atoms with Crippen molar-refractivity contribution >= 4 is 0 Å². The zero-order chi connectivity index (χ0) is 16.9. The normalized spacial score (nSPS) is 36.7. The minimum Gasteiger partial charge on any atom is -0.393 e. The molecule has 0 aromatic heterocycles. The van der Waals surface area contributed by atoms with E-state index < -0.39 is 0 Å². The Morgan fingerprint density at radius 1 is 1.00 bits per heavy atom. The summed E-state index contributed by atoms with van der Waals surface area (Å²) in [5, 5.41) is 9.97. The summed E-state index contributed by atoms with van der Waals surface area (Å²) < 4.78 is 0. The second kappa shape index (κ2) is 8.70. The Morgan fingerprint density at radius 3 is 2.00 bits per heavy atom. The average molecular weight is 321 g/mol. The maximum Gasteiger partial charge on any atom is 0.0540 e. The van der Waals surface area contributed by atoms with Gasteiger partial charge in [-0.25, -0.2) is 0 Å². The highest BCUT2D eigenvalue weighted by atomic mass is 16.3. The first kappa shape index (κ1) is 19.0. The predicted molar refractivity (Wildman–Crippen MR) is 100 cm³/mol. The number of hydrogen-bond acceptors (Lipinski definition) is 1. The van der Waals surface area contributed by atoms with E-state index in [9.17, 15) is 5.11 Å². The van der Waals surface area contributed by atoms with Crippen LogP contribution in [-0.4, -0.2) is 11.2 Å². The summed E-state index contributed by atoms with van der Waals surface area (Å²) >= 11 is 0. The summed E-state index contributed by atoms with van der Waals surface area (Å²) in [4.78, 5) is 0. The van der Waals surface area contributed by atoms with Gasteiger partial charge < -0.3 is 5.11 Å². The van der Waals surface area contributed by atoms with E-state index in [0.717, 1.165) is 36.5 Å². The molecule has 1 heteroatoms. The molecule has 0 spiro atoms. The second-order valence-corrected chi connectivity index (χ2v) is 8.75. The average Bonchev–Trinajstić information content (AvgIpc) is 2.55. The summed E-state index contributed by atoms with van der Waals surface area (Å²) in [5.74, 6) is 3.33. The van der Waals surface area contributed by atoms with Crippen LogP contribution in [0.25, 0.3) is 0 Å². The molecular weight excluding hydrogens is 280 g/mol. The van der Waals surface area contributed by atoms with Crippen LogP contribution in [0.15, 0.2) is 12.2 Å². The largest absolute Gasteiger partial charge is 0.393 e. The van der Waals surface area contributed by atoms with Crippen LogP contribution in [0.4, 0.5) is 0 Å². The number of aliphatic hydroxyl groups excluding tert-OH is 1. The topological polar surface area (TPSA) is 20.2 Å². The Kier molecular flexibility index (Phi) is 7.19. The molecule has 23 heavy (non-hydrogen) atoms. The first-order valence-electron chi connectivity index (χ1n) is 10.3. The molecule has 0 aromatic carbocycles. The maximum atomic E-state index is 9.97. The van der Waals surface area contributed by atoms with E-state index in [0.29, 0.717) is 5.41 Å². The molecule has 0 aliphatic heterocycles. The van der Waals surface area contributed by atoms with Crippen molar-refractivity contribution < 1.29 is 5.11 Å². The monoisotopic (exact) mass is 320 g/mol. The molecule has 1 nitrogen and oxygen atoms in total. The van der Waals surface area contributed by atoms with E-state index in [-0.39, 0.29) is 6.10 Å². The van der Waals surface area contributed by atoms with Crippen LogP contribution < -0.4 is 0 Å². The number of aliphatic hydroxyl groups is 1. The van der Waals surface area contributed by atoms with E-state index in [1.54, 1.807) is 0 Å². The molecule has 2 atom stereocenters. The lowest BCUT2D eigenvalue weighted by Crippen LogP contribution is -2.44. The Labute approximate surface area is 144 Å². The van der Waals surface area contributed by atoms with Crippen molar-refractivity contribution in [3.05, 3.63) is 12.2 Å². The van der Waals surface area contributed by atoms with Crippen LogP contribution in [0, 0.1) is 29.1 Å². The van der Waals surface area contributed by atoms with Gasteiger partial charge in [0.1, 0.15) is 0 Å². The SMILES string of the molecule is C/C=C\C(CCC)C(C)(C1CCC(C)CC1)C1CCC(O)CC1. The first-order chi connectivity index (χ1) is 11.0. The highest BCUT2D eigenvalue weighted by Crippen LogP contribution is 2.55. The van der Waals surface area contributed by atoms with Gasteiger partial charge in [0.15, 0.2) is 0 Å². The van der Waals surface area contributed by atoms with Crippen molar-refractivity contribution in [2.24, 2.45) is 29.1 Å². The molecule has 2 saturated carbocycles. The van der Waals surface area contributed by atoms with Gasteiger partial charge in [0, 0.05) is 0 Å². The van der Waals surface area contributed by atoms with Gasteiger partial charge in [0.2, 0.25) is 0 Å². The highest BCUT2D eigenvalue weighted by Gasteiger charge is 2.46. The Bertz CT molecular complexity index is 334. The summed E-state index contributed by atoms with van der Waals surface area (Å²) in [7, 11) is 0. The smallest absolute Gasteiger partial charge is 0.0540 e. The fourth-order valence-electron chi connectivity index (χ4n) is 5.68. The minimum atomic E-state index is -0.0341. The van der Waals surface area contributed by atoms with Crippen LogP contribution in [0.3, 0.4) is 0 Å². The van der Waals surface area contributed by atoms with Crippen molar-refractivity contribution in [2.75, 3.05) is 0 Å². The van der Waals surface area contributed by atoms with Gasteiger partial charge in [0.25, 0.3) is 0 Å². The molecule has 0 saturated heterocycles. The molecule has 2 rings (SSSR count). The van der Waals surface area contributed by atoms with Crippen LogP contribution in [0.2, 0.25) is 0 Å². The standard InChI is InChI=1S/C22H40O/c1-5-7-18(8-6-2)22(4,19-11-9-17(3)10-12-19)20-13-15-21(23)16-14-20/h5,7,17-21,23H,6,8-16H2,1-4H3/b7-5-. The molecule has 0 radical (unpaired) electrons. The van der Waals surface area contributed by atoms with Crippen molar-refractivity contribution in [1.82, 2.24) is 0 Å². The summed E-state index contributed by atoms with van der Waals surface area (Å²) in [6.45, 7) is 9.58. The van der Waals surface area contributed by atoms with Crippen LogP contribution in [0.5, 0.6) is 0 Å². The molecule has 1 N–H and O–H groups in total. The van der Waals surface area contributed by atoms with Crippen LogP contribution in [-0.2, 0) is 0 Å². The molecule has 2 aliphatic rings. The lowest BCUT2D eigenvalue weighted by Gasteiger charge is -2.52. The Balaban J connectivity index is 2.24. The van der Waals surface area contributed by atoms with Crippen molar-refractivity contribution in [3.8, 4) is 0 Å². The number of allylic oxidation sites excluding steroid dienone is 2. The minimum absolute atomic E-state index is 0.0341. The number of hydrogen-bond donors (Lipinski definition) is 1. The van der Waals surface area contributed by atoms with Crippen LogP contribution in [0.1, 0.15) is 91.9 Å². The van der Waals surface area contributed by atoms with E-state index in [4.69, 9.17) is 0 Å². The second-order valence-electron chi connectivity index (χ2n) is 8.75. The molecular formula is C22H40O. The van der Waals surface area contributed by atoms with E-state index in [1.165, 1.54) is 51.4 Å². The van der Waals surface area contributed by atoms with Gasteiger partial charge in [0.05, 0.1) is 6.10 Å². The zero-order valence-electron chi connectivity index (χ0n) is 16.1. The van der Waals surface area contributed by atoms with Gasteiger partial charge >= 0.3 is 0 Å². The van der Waals surface area contributed by atoms with E-state index in [2.05, 4.69) is 39.8 Å². The maximum absolute atomic E-state index is 9.97. The summed E-state index contributed by atoms with van der Waals surface area (Å²) in [6.07, 6.45) is 17.6. The summed E-state index contributed by atoms with van der Waals surface area (Å²) in [5.41, 5.74) is 0.433. The molecule has 134 valence electrons. The fraction of sp³-hybridized carbons (Fsp3) is 0.909. The predicted octanol–water partition coefficient (Wildman–Crippen LogP) is 6.36. The molecule has 0 amide bonds. The first-order valence-corrected chi connectivity index (χ1v) is 10.3. The molecule has 0 aromatic rings. The van der Waals surface area contributed by atoms with E-state index >= 15 is 0 Å². The van der Waals surface area contributed by atoms with Crippen LogP contribution >= 0.6 is 0 Å². The Morgan fingerprint density at radius 2 is 1.52 bits per heavy atom. The molecule has 2 unspecified atom stereocenters. The quantitative estimate of drug-likeness (QED) is 0.564. The van der Waals surface area contributed by atoms with Crippen molar-refractivity contribution in [1.29, 1.82) is 0 Å². The molecule has 2 fully saturated rings. The summed E-state index contributed by atoms with van der Waals surface area (Å²) in [6, 6.07) is 0. The molecule has 0 bridgehead atoms. The van der Waals surface area contributed by atoms with Gasteiger partial charge in [-0.2, -0.15) is 0 Å². The lowest BCUT2D eigenvalue weighted by molar-refractivity contribution is -0.0272. The zero-order valence-corrected chi connectivity index (χ0v) is 16.1. The van der Waals surface area contributed by atoms with E-state index in [1.807, 2.05) is 0 Å². The van der Waals surface area contributed by atoms with Gasteiger partial charge in [-0.1, -0.05) is 52.2 Å². The van der Waals surface area contributed by atoms with Gasteiger partial charge in [-0.15, -0.1) is 0 Å². The highest BCUT2D eigenvalue weighted by molar-refractivity contribution is 5.03. The van der Waals surface area contributed by atoms with Crippen molar-refractivity contribution in [2.45, 2.75) is 98.0 Å². The third-order valence-electron chi connectivity index (χ3n) is 7.30. The van der Waals surface area contributed by atoms with Gasteiger partial charge in [-0.3, -0.25) is 0 Å². The molecule has 0 heterocycles. The molecule has 2 aliphatic carbocycles. The number of rotatable bonds is 6. The van der Waals surface area contributed by atoms with Gasteiger partial charge in [-0.05, 0) is 81.0 Å². The van der Waals surface area contributed by atoms with Crippen molar-refractivity contribution in [3.63, 3.8) is 0 Å². The third-order valence-corrected chi connectivity index (χ3v) is 7.30. The third kappa shape index (κ3) is 4.41.